The highest BCUT2D eigenvalue weighted by Crippen LogP contribution is 2.35. The molecule has 180 valence electrons. The van der Waals surface area contributed by atoms with Crippen LogP contribution in [-0.4, -0.2) is 57.0 Å². The van der Waals surface area contributed by atoms with Gasteiger partial charge in [0.2, 0.25) is 11.0 Å². The van der Waals surface area contributed by atoms with Crippen LogP contribution in [0.3, 0.4) is 0 Å². The molecule has 0 unspecified atom stereocenters. The van der Waals surface area contributed by atoms with Crippen LogP contribution in [0.2, 0.25) is 5.02 Å². The number of rotatable bonds is 10. The van der Waals surface area contributed by atoms with Crippen LogP contribution in [0.4, 0.5) is 10.8 Å². The van der Waals surface area contributed by atoms with Crippen molar-refractivity contribution in [1.29, 1.82) is 0 Å². The average Bonchev–Trinajstić information content (AvgIpc) is 3.28. The van der Waals surface area contributed by atoms with Crippen molar-refractivity contribution in [3.63, 3.8) is 0 Å². The summed E-state index contributed by atoms with van der Waals surface area (Å²) in [4.78, 5) is 24.1. The lowest BCUT2D eigenvalue weighted by atomic mass is 10.3. The minimum atomic E-state index is -4.16. The molecule has 0 saturated carbocycles. The maximum absolute atomic E-state index is 13.5. The van der Waals surface area contributed by atoms with Crippen molar-refractivity contribution in [3.05, 3.63) is 53.6 Å². The number of esters is 1. The lowest BCUT2D eigenvalue weighted by Gasteiger charge is -2.25. The van der Waals surface area contributed by atoms with E-state index in [0.29, 0.717) is 4.34 Å². The monoisotopic (exact) mass is 542 g/mol. The van der Waals surface area contributed by atoms with Crippen LogP contribution >= 0.6 is 34.7 Å². The second-order valence-electron chi connectivity index (χ2n) is 6.43. The number of anilines is 2. The van der Waals surface area contributed by atoms with Gasteiger partial charge < -0.3 is 9.47 Å². The van der Waals surface area contributed by atoms with Crippen molar-refractivity contribution < 1.29 is 27.5 Å². The average molecular weight is 543 g/mol. The fourth-order valence-corrected chi connectivity index (χ4v) is 5.88. The van der Waals surface area contributed by atoms with Crippen LogP contribution < -0.4 is 14.4 Å². The number of sulfonamides is 1. The third-order valence-electron chi connectivity index (χ3n) is 4.22. The van der Waals surface area contributed by atoms with Crippen LogP contribution in [0, 0.1) is 0 Å². The highest BCUT2D eigenvalue weighted by molar-refractivity contribution is 8.01. The maximum atomic E-state index is 13.5. The van der Waals surface area contributed by atoms with Gasteiger partial charge >= 0.3 is 5.97 Å². The predicted octanol–water partition coefficient (Wildman–Crippen LogP) is 3.30. The fraction of sp³-hybridized carbons (Fsp3) is 0.200. The standard InChI is InChI=1S/C20H19ClN4O6S3/c1-30-16-9-8-13(21)10-15(16)25(34(28,29)14-6-4-3-5-7-14)11-17(26)22-19-23-24-20(33-19)32-12-18(27)31-2/h3-10H,11-12H2,1-2H3,(H,22,23,26). The van der Waals surface area contributed by atoms with Crippen molar-refractivity contribution in [2.75, 3.05) is 36.1 Å². The van der Waals surface area contributed by atoms with E-state index in [1.807, 2.05) is 0 Å². The highest BCUT2D eigenvalue weighted by atomic mass is 35.5. The minimum absolute atomic E-state index is 0.0118. The molecule has 3 rings (SSSR count). The Morgan fingerprint density at radius 1 is 1.15 bits per heavy atom. The number of carbonyl (C=O) groups excluding carboxylic acids is 2. The lowest BCUT2D eigenvalue weighted by molar-refractivity contribution is -0.137. The Hall–Kier alpha value is -2.87. The van der Waals surface area contributed by atoms with E-state index in [1.54, 1.807) is 24.3 Å². The van der Waals surface area contributed by atoms with Crippen LogP contribution in [0.1, 0.15) is 0 Å². The molecule has 1 heterocycles. The van der Waals surface area contributed by atoms with E-state index in [0.717, 1.165) is 27.4 Å². The summed E-state index contributed by atoms with van der Waals surface area (Å²) in [7, 11) is -1.50. The Kier molecular flexibility index (Phi) is 8.72. The van der Waals surface area contributed by atoms with Gasteiger partial charge in [0.1, 0.15) is 12.3 Å². The van der Waals surface area contributed by atoms with Crippen LogP contribution in [-0.2, 0) is 24.3 Å². The summed E-state index contributed by atoms with van der Waals surface area (Å²) in [6, 6.07) is 12.1. The molecule has 0 aliphatic carbocycles. The molecule has 14 heteroatoms. The Morgan fingerprint density at radius 3 is 2.56 bits per heavy atom. The number of thioether (sulfide) groups is 1. The van der Waals surface area contributed by atoms with Gasteiger partial charge in [0, 0.05) is 5.02 Å². The molecule has 0 fully saturated rings. The minimum Gasteiger partial charge on any atom is -0.495 e. The van der Waals surface area contributed by atoms with Gasteiger partial charge in [-0.25, -0.2) is 8.42 Å². The zero-order chi connectivity index (χ0) is 24.7. The van der Waals surface area contributed by atoms with Gasteiger partial charge in [-0.05, 0) is 30.3 Å². The molecule has 0 bridgehead atoms. The number of aromatic nitrogens is 2. The molecule has 1 amide bonds. The molecular weight excluding hydrogens is 524 g/mol. The summed E-state index contributed by atoms with van der Waals surface area (Å²) in [5.74, 6) is -0.837. The van der Waals surface area contributed by atoms with Gasteiger partial charge in [0.05, 0.1) is 30.6 Å². The predicted molar refractivity (Wildman–Crippen MR) is 130 cm³/mol. The van der Waals surface area contributed by atoms with Crippen molar-refractivity contribution in [3.8, 4) is 5.75 Å². The van der Waals surface area contributed by atoms with E-state index < -0.39 is 28.4 Å². The number of carbonyl (C=O) groups is 2. The molecule has 0 spiro atoms. The van der Waals surface area contributed by atoms with E-state index in [2.05, 4.69) is 20.3 Å². The molecule has 2 aromatic carbocycles. The van der Waals surface area contributed by atoms with Crippen molar-refractivity contribution in [1.82, 2.24) is 10.2 Å². The normalized spacial score (nSPS) is 11.0. The van der Waals surface area contributed by atoms with E-state index >= 15 is 0 Å². The number of ether oxygens (including phenoxy) is 2. The molecule has 1 aromatic heterocycles. The fourth-order valence-electron chi connectivity index (χ4n) is 2.66. The number of amides is 1. The second-order valence-corrected chi connectivity index (χ2v) is 10.9. The first-order valence-corrected chi connectivity index (χ1v) is 13.1. The first kappa shape index (κ1) is 25.7. The molecular formula is C20H19ClN4O6S3. The SMILES string of the molecule is COC(=O)CSc1nnc(NC(=O)CN(c2cc(Cl)ccc2OC)S(=O)(=O)c2ccccc2)s1. The largest absolute Gasteiger partial charge is 0.495 e. The van der Waals surface area contributed by atoms with E-state index in [4.69, 9.17) is 16.3 Å². The summed E-state index contributed by atoms with van der Waals surface area (Å²) in [6.07, 6.45) is 0. The zero-order valence-electron chi connectivity index (χ0n) is 17.9. The Balaban J connectivity index is 1.87. The van der Waals surface area contributed by atoms with E-state index in [1.165, 1.54) is 38.5 Å². The Bertz CT molecular complexity index is 1270. The maximum Gasteiger partial charge on any atom is 0.316 e. The smallest absolute Gasteiger partial charge is 0.316 e. The number of methoxy groups -OCH3 is 2. The molecule has 0 saturated heterocycles. The summed E-state index contributed by atoms with van der Waals surface area (Å²) in [5.41, 5.74) is 0.0978. The number of nitrogens with zero attached hydrogens (tertiary/aromatic N) is 3. The molecule has 34 heavy (non-hydrogen) atoms. The second kappa shape index (κ2) is 11.5. The first-order chi connectivity index (χ1) is 16.2. The molecule has 0 aliphatic rings. The number of nitrogens with one attached hydrogen (secondary N) is 1. The third-order valence-corrected chi connectivity index (χ3v) is 8.18. The quantitative estimate of drug-likeness (QED) is 0.233. The van der Waals surface area contributed by atoms with Gasteiger partial charge in [-0.15, -0.1) is 10.2 Å². The van der Waals surface area contributed by atoms with Crippen LogP contribution in [0.25, 0.3) is 0 Å². The number of benzene rings is 2. The zero-order valence-corrected chi connectivity index (χ0v) is 21.1. The van der Waals surface area contributed by atoms with Crippen molar-refractivity contribution >= 4 is 67.4 Å². The highest BCUT2D eigenvalue weighted by Gasteiger charge is 2.30. The van der Waals surface area contributed by atoms with E-state index in [9.17, 15) is 18.0 Å². The van der Waals surface area contributed by atoms with E-state index in [-0.39, 0.29) is 32.2 Å². The summed E-state index contributed by atoms with van der Waals surface area (Å²) in [6.45, 7) is -0.585. The molecule has 3 aromatic rings. The summed E-state index contributed by atoms with van der Waals surface area (Å²) >= 11 is 8.26. The summed E-state index contributed by atoms with van der Waals surface area (Å²) < 4.78 is 38.1. The lowest BCUT2D eigenvalue weighted by Crippen LogP contribution is -2.38. The van der Waals surface area contributed by atoms with Gasteiger partial charge in [-0.1, -0.05) is 52.9 Å². The van der Waals surface area contributed by atoms with Crippen LogP contribution in [0.5, 0.6) is 5.75 Å². The number of halogens is 1. The number of hydrogen-bond acceptors (Lipinski definition) is 10. The molecule has 0 aliphatic heterocycles. The summed E-state index contributed by atoms with van der Waals surface area (Å²) in [5, 5.41) is 10.7. The Labute approximate surface area is 209 Å². The van der Waals surface area contributed by atoms with Gasteiger partial charge in [-0.2, -0.15) is 0 Å². The van der Waals surface area contributed by atoms with Crippen molar-refractivity contribution in [2.45, 2.75) is 9.24 Å². The van der Waals surface area contributed by atoms with Crippen LogP contribution in [0.15, 0.2) is 57.8 Å². The topological polar surface area (TPSA) is 128 Å². The Morgan fingerprint density at radius 2 is 1.88 bits per heavy atom. The van der Waals surface area contributed by atoms with Gasteiger partial charge in [0.25, 0.3) is 10.0 Å². The molecule has 1 N–H and O–H groups in total. The first-order valence-electron chi connectivity index (χ1n) is 9.49. The molecule has 10 nitrogen and oxygen atoms in total. The molecule has 0 atom stereocenters. The number of hydrogen-bond donors (Lipinski definition) is 1. The molecule has 0 radical (unpaired) electrons. The van der Waals surface area contributed by atoms with Gasteiger partial charge in [-0.3, -0.25) is 19.2 Å². The van der Waals surface area contributed by atoms with Crippen molar-refractivity contribution in [2.24, 2.45) is 0 Å². The van der Waals surface area contributed by atoms with Gasteiger partial charge in [0.15, 0.2) is 4.34 Å². The third kappa shape index (κ3) is 6.38.